The molecule has 0 spiro atoms. The predicted molar refractivity (Wildman–Crippen MR) is 85.2 cm³/mol. The van der Waals surface area contributed by atoms with Crippen LogP contribution in [0.3, 0.4) is 0 Å². The lowest BCUT2D eigenvalue weighted by Gasteiger charge is -2.28. The van der Waals surface area contributed by atoms with Gasteiger partial charge in [-0.25, -0.2) is 0 Å². The molecule has 22 heavy (non-hydrogen) atoms. The van der Waals surface area contributed by atoms with Crippen molar-refractivity contribution < 1.29 is 13.3 Å². The average molecular weight is 328 g/mol. The highest BCUT2D eigenvalue weighted by Gasteiger charge is 2.39. The second-order valence-corrected chi connectivity index (χ2v) is 7.59. The Hall–Kier alpha value is -0.963. The maximum atomic E-state index is 5.84. The van der Waals surface area contributed by atoms with Crippen molar-refractivity contribution in [1.29, 1.82) is 0 Å². The monoisotopic (exact) mass is 328 g/mol. The van der Waals surface area contributed by atoms with E-state index in [1.54, 1.807) is 0 Å². The van der Waals surface area contributed by atoms with Crippen LogP contribution in [-0.2, 0) is 19.7 Å². The lowest BCUT2D eigenvalue weighted by Crippen LogP contribution is -2.45. The lowest BCUT2D eigenvalue weighted by molar-refractivity contribution is 0.0706. The number of hydrogen-bond acceptors (Lipinski definition) is 7. The van der Waals surface area contributed by atoms with Gasteiger partial charge in [0.15, 0.2) is 12.2 Å². The number of nitrogens with zero attached hydrogens (tertiary/aromatic N) is 4. The van der Waals surface area contributed by atoms with Gasteiger partial charge in [0.1, 0.15) is 0 Å². The summed E-state index contributed by atoms with van der Waals surface area (Å²) < 4.78 is 17.5. The van der Waals surface area contributed by atoms with Crippen LogP contribution in [0.15, 0.2) is 6.33 Å². The maximum absolute atomic E-state index is 5.84. The summed E-state index contributed by atoms with van der Waals surface area (Å²) in [4.78, 5) is 0. The summed E-state index contributed by atoms with van der Waals surface area (Å²) in [6, 6.07) is 0.882. The molecule has 1 heterocycles. The highest BCUT2D eigenvalue weighted by molar-refractivity contribution is 6.60. The first-order valence-electron chi connectivity index (χ1n) is 8.17. The molecule has 0 aliphatic carbocycles. The van der Waals surface area contributed by atoms with Gasteiger partial charge in [0.25, 0.3) is 0 Å². The zero-order valence-corrected chi connectivity index (χ0v) is 15.0. The third-order valence-electron chi connectivity index (χ3n) is 3.18. The molecule has 126 valence electrons. The van der Waals surface area contributed by atoms with E-state index in [1.165, 1.54) is 6.33 Å². The van der Waals surface area contributed by atoms with E-state index in [4.69, 9.17) is 13.3 Å². The molecule has 0 amide bonds. The Kier molecular flexibility index (Phi) is 10.0. The second kappa shape index (κ2) is 11.6. The molecule has 0 saturated heterocycles. The Morgan fingerprint density at radius 3 is 1.91 bits per heavy atom. The van der Waals surface area contributed by atoms with Gasteiger partial charge in [0, 0.05) is 32.3 Å². The Balaban J connectivity index is 2.24. The van der Waals surface area contributed by atoms with Gasteiger partial charge in [-0.3, -0.25) is 0 Å². The molecule has 0 fully saturated rings. The van der Waals surface area contributed by atoms with Crippen LogP contribution in [0.25, 0.3) is 0 Å². The number of aryl methyl sites for hydroxylation is 1. The van der Waals surface area contributed by atoms with Gasteiger partial charge in [-0.05, 0) is 33.6 Å². The van der Waals surface area contributed by atoms with E-state index in [0.717, 1.165) is 38.1 Å². The average Bonchev–Trinajstić information content (AvgIpc) is 2.52. The summed E-state index contributed by atoms with van der Waals surface area (Å²) in [5.74, 6) is 0.712. The van der Waals surface area contributed by atoms with Gasteiger partial charge in [-0.15, -0.1) is 20.4 Å². The van der Waals surface area contributed by atoms with Crippen LogP contribution >= 0.6 is 0 Å². The van der Waals surface area contributed by atoms with Crippen LogP contribution in [0.1, 0.15) is 52.3 Å². The third-order valence-corrected chi connectivity index (χ3v) is 6.33. The Morgan fingerprint density at radius 2 is 1.36 bits per heavy atom. The first kappa shape index (κ1) is 19.1. The predicted octanol–water partition coefficient (Wildman–Crippen LogP) is 2.42. The standard InChI is InChI=1S/C14H28N4O3Si/c1-4-19-22(20-5-2,21-6-3)12-10-8-7-9-11-14-17-15-13-16-18-14/h13H,4-12H2,1-3H3. The highest BCUT2D eigenvalue weighted by atomic mass is 28.4. The van der Waals surface area contributed by atoms with Gasteiger partial charge >= 0.3 is 8.80 Å². The van der Waals surface area contributed by atoms with Crippen molar-refractivity contribution >= 4 is 8.80 Å². The summed E-state index contributed by atoms with van der Waals surface area (Å²) >= 11 is 0. The van der Waals surface area contributed by atoms with Gasteiger partial charge in [0.2, 0.25) is 0 Å². The van der Waals surface area contributed by atoms with E-state index in [-0.39, 0.29) is 0 Å². The Labute approximate surface area is 134 Å². The molecule has 1 aromatic rings. The van der Waals surface area contributed by atoms with E-state index < -0.39 is 8.80 Å². The molecule has 0 aliphatic heterocycles. The van der Waals surface area contributed by atoms with Gasteiger partial charge in [-0.2, -0.15) is 0 Å². The molecule has 1 rings (SSSR count). The van der Waals surface area contributed by atoms with Gasteiger partial charge in [0.05, 0.1) is 0 Å². The fourth-order valence-corrected chi connectivity index (χ4v) is 4.99. The Bertz CT molecular complexity index is 367. The minimum atomic E-state index is -2.46. The van der Waals surface area contributed by atoms with E-state index in [1.807, 2.05) is 20.8 Å². The van der Waals surface area contributed by atoms with Crippen molar-refractivity contribution in [3.63, 3.8) is 0 Å². The molecule has 8 heteroatoms. The topological polar surface area (TPSA) is 79.3 Å². The Morgan fingerprint density at radius 1 is 0.818 bits per heavy atom. The summed E-state index contributed by atoms with van der Waals surface area (Å²) in [5, 5.41) is 15.3. The van der Waals surface area contributed by atoms with Crippen molar-refractivity contribution in [3.8, 4) is 0 Å². The molecule has 7 nitrogen and oxygen atoms in total. The molecule has 0 saturated carbocycles. The first-order chi connectivity index (χ1) is 10.8. The minimum Gasteiger partial charge on any atom is -0.374 e. The minimum absolute atomic E-state index is 0.636. The molecular formula is C14H28N4O3Si. The first-order valence-corrected chi connectivity index (χ1v) is 10.1. The van der Waals surface area contributed by atoms with Gasteiger partial charge in [-0.1, -0.05) is 12.8 Å². The smallest absolute Gasteiger partial charge is 0.374 e. The quantitative estimate of drug-likeness (QED) is 0.406. The summed E-state index contributed by atoms with van der Waals surface area (Å²) in [5.41, 5.74) is 0. The van der Waals surface area contributed by atoms with Crippen molar-refractivity contribution in [2.45, 2.75) is 58.9 Å². The van der Waals surface area contributed by atoms with E-state index in [2.05, 4.69) is 20.4 Å². The van der Waals surface area contributed by atoms with Crippen LogP contribution in [0.2, 0.25) is 6.04 Å². The molecular weight excluding hydrogens is 300 g/mol. The van der Waals surface area contributed by atoms with Crippen LogP contribution < -0.4 is 0 Å². The van der Waals surface area contributed by atoms with Crippen LogP contribution in [0.4, 0.5) is 0 Å². The number of aromatic nitrogens is 4. The van der Waals surface area contributed by atoms with Crippen molar-refractivity contribution in [1.82, 2.24) is 20.4 Å². The van der Waals surface area contributed by atoms with Crippen LogP contribution in [-0.4, -0.2) is 49.0 Å². The highest BCUT2D eigenvalue weighted by Crippen LogP contribution is 2.20. The second-order valence-electron chi connectivity index (χ2n) is 4.86. The molecule has 0 bridgehead atoms. The molecule has 0 atom stereocenters. The fourth-order valence-electron chi connectivity index (χ4n) is 2.31. The number of hydrogen-bond donors (Lipinski definition) is 0. The molecule has 0 N–H and O–H groups in total. The van der Waals surface area contributed by atoms with Crippen molar-refractivity contribution in [2.75, 3.05) is 19.8 Å². The van der Waals surface area contributed by atoms with Crippen LogP contribution in [0.5, 0.6) is 0 Å². The van der Waals surface area contributed by atoms with Crippen LogP contribution in [0, 0.1) is 0 Å². The van der Waals surface area contributed by atoms with Crippen molar-refractivity contribution in [3.05, 3.63) is 12.2 Å². The molecule has 0 radical (unpaired) electrons. The molecule has 0 aromatic carbocycles. The van der Waals surface area contributed by atoms with E-state index >= 15 is 0 Å². The largest absolute Gasteiger partial charge is 0.500 e. The molecule has 1 aromatic heterocycles. The van der Waals surface area contributed by atoms with Gasteiger partial charge < -0.3 is 13.3 Å². The molecule has 0 unspecified atom stereocenters. The number of unbranched alkanes of at least 4 members (excludes halogenated alkanes) is 3. The molecule has 0 aliphatic rings. The van der Waals surface area contributed by atoms with E-state index in [0.29, 0.717) is 25.6 Å². The summed E-state index contributed by atoms with van der Waals surface area (Å²) in [6.07, 6.45) is 6.51. The summed E-state index contributed by atoms with van der Waals surface area (Å²) in [6.45, 7) is 7.87. The van der Waals surface area contributed by atoms with Crippen molar-refractivity contribution in [2.24, 2.45) is 0 Å². The maximum Gasteiger partial charge on any atom is 0.500 e. The fraction of sp³-hybridized carbons (Fsp3) is 0.857. The van der Waals surface area contributed by atoms with E-state index in [9.17, 15) is 0 Å². The summed E-state index contributed by atoms with van der Waals surface area (Å²) in [7, 11) is -2.46. The zero-order chi connectivity index (χ0) is 16.1. The lowest BCUT2D eigenvalue weighted by atomic mass is 10.1. The number of rotatable bonds is 13. The third kappa shape index (κ3) is 7.35. The normalized spacial score (nSPS) is 11.8. The zero-order valence-electron chi connectivity index (χ0n) is 14.0. The SMILES string of the molecule is CCO[Si](CCCCCCc1nncnn1)(OCC)OCC.